The molecule has 0 aliphatic rings. The van der Waals surface area contributed by atoms with Crippen molar-refractivity contribution in [2.24, 2.45) is 7.05 Å². The second-order valence-electron chi connectivity index (χ2n) is 6.83. The fourth-order valence-corrected chi connectivity index (χ4v) is 3.83. The van der Waals surface area contributed by atoms with Gasteiger partial charge in [-0.15, -0.1) is 10.2 Å². The van der Waals surface area contributed by atoms with E-state index < -0.39 is 4.92 Å². The molecule has 9 nitrogen and oxygen atoms in total. The normalized spacial score (nSPS) is 11.8. The number of aromatic nitrogens is 3. The molecule has 0 aliphatic carbocycles. The van der Waals surface area contributed by atoms with Crippen LogP contribution in [0.4, 0.5) is 11.4 Å². The van der Waals surface area contributed by atoms with Gasteiger partial charge in [-0.25, -0.2) is 0 Å². The number of halogens is 2. The average Bonchev–Trinajstić information content (AvgIpc) is 3.11. The van der Waals surface area contributed by atoms with Crippen LogP contribution in [0.25, 0.3) is 0 Å². The van der Waals surface area contributed by atoms with Gasteiger partial charge in [0, 0.05) is 23.8 Å². The zero-order valence-electron chi connectivity index (χ0n) is 17.3. The van der Waals surface area contributed by atoms with Crippen LogP contribution < -0.4 is 10.1 Å². The molecule has 0 saturated carbocycles. The maximum atomic E-state index is 12.3. The number of amides is 1. The standard InChI is InChI=1S/C20H19Cl2N5O4S/c1-11-8-14(5-7-15(11)21)31-12(2)19-24-25-20(26(19)3)32-10-18(28)23-13-4-6-16(22)17(9-13)27(29)30/h4-9,12H,10H2,1-3H3,(H,23,28). The SMILES string of the molecule is Cc1cc(OC(C)c2nnc(SCC(=O)Nc3ccc(Cl)c([N+](=O)[O-])c3)n2C)ccc1Cl. The minimum Gasteiger partial charge on any atom is -0.483 e. The third-order valence-corrected chi connectivity index (χ3v) is 6.20. The van der Waals surface area contributed by atoms with Gasteiger partial charge in [-0.1, -0.05) is 35.0 Å². The number of nitro benzene ring substituents is 1. The summed E-state index contributed by atoms with van der Waals surface area (Å²) in [4.78, 5) is 22.7. The molecule has 32 heavy (non-hydrogen) atoms. The number of carbonyl (C=O) groups excluding carboxylic acids is 1. The Hall–Kier alpha value is -2.82. The molecular formula is C20H19Cl2N5O4S. The Morgan fingerprint density at radius 3 is 2.66 bits per heavy atom. The largest absolute Gasteiger partial charge is 0.483 e. The Morgan fingerprint density at radius 1 is 1.25 bits per heavy atom. The quantitative estimate of drug-likeness (QED) is 0.259. The maximum absolute atomic E-state index is 12.3. The molecule has 0 saturated heterocycles. The second kappa shape index (κ2) is 10.2. The lowest BCUT2D eigenvalue weighted by Crippen LogP contribution is -2.15. The van der Waals surface area contributed by atoms with Crippen molar-refractivity contribution < 1.29 is 14.5 Å². The molecule has 1 heterocycles. The number of nitro groups is 1. The summed E-state index contributed by atoms with van der Waals surface area (Å²) >= 11 is 13.0. The number of rotatable bonds is 8. The first-order valence-electron chi connectivity index (χ1n) is 9.34. The van der Waals surface area contributed by atoms with Crippen LogP contribution in [0.3, 0.4) is 0 Å². The number of carbonyl (C=O) groups is 1. The summed E-state index contributed by atoms with van der Waals surface area (Å²) in [6.07, 6.45) is -0.383. The number of thioether (sulfide) groups is 1. The number of nitrogens with one attached hydrogen (secondary N) is 1. The van der Waals surface area contributed by atoms with Crippen LogP contribution >= 0.6 is 35.0 Å². The molecule has 1 atom stereocenters. The molecule has 12 heteroatoms. The molecule has 1 unspecified atom stereocenters. The summed E-state index contributed by atoms with van der Waals surface area (Å²) in [5.74, 6) is 0.938. The van der Waals surface area contributed by atoms with Crippen LogP contribution in [0, 0.1) is 17.0 Å². The van der Waals surface area contributed by atoms with Crippen LogP contribution in [-0.4, -0.2) is 31.3 Å². The number of benzene rings is 2. The van der Waals surface area contributed by atoms with Crippen molar-refractivity contribution in [2.75, 3.05) is 11.1 Å². The molecule has 0 spiro atoms. The van der Waals surface area contributed by atoms with Crippen molar-refractivity contribution in [3.8, 4) is 5.75 Å². The van der Waals surface area contributed by atoms with Crippen molar-refractivity contribution in [1.82, 2.24) is 14.8 Å². The molecule has 0 radical (unpaired) electrons. The smallest absolute Gasteiger partial charge is 0.289 e. The van der Waals surface area contributed by atoms with Gasteiger partial charge in [0.05, 0.1) is 10.7 Å². The lowest BCUT2D eigenvalue weighted by molar-refractivity contribution is -0.384. The number of anilines is 1. The molecule has 2 aromatic carbocycles. The highest BCUT2D eigenvalue weighted by Gasteiger charge is 2.19. The van der Waals surface area contributed by atoms with E-state index in [1.54, 1.807) is 23.7 Å². The molecule has 168 valence electrons. The van der Waals surface area contributed by atoms with Crippen molar-refractivity contribution in [3.63, 3.8) is 0 Å². The Kier molecular flexibility index (Phi) is 7.60. The van der Waals surface area contributed by atoms with Crippen molar-refractivity contribution in [2.45, 2.75) is 25.1 Å². The van der Waals surface area contributed by atoms with Crippen LogP contribution in [0.1, 0.15) is 24.4 Å². The van der Waals surface area contributed by atoms with E-state index in [2.05, 4.69) is 15.5 Å². The van der Waals surface area contributed by atoms with E-state index in [-0.39, 0.29) is 34.2 Å². The maximum Gasteiger partial charge on any atom is 0.289 e. The number of aryl methyl sites for hydroxylation is 1. The number of ether oxygens (including phenoxy) is 1. The van der Waals surface area contributed by atoms with Crippen LogP contribution in [-0.2, 0) is 11.8 Å². The molecule has 0 fully saturated rings. The number of nitrogens with zero attached hydrogens (tertiary/aromatic N) is 4. The molecular weight excluding hydrogens is 477 g/mol. The van der Waals surface area contributed by atoms with E-state index in [0.29, 0.717) is 21.8 Å². The predicted molar refractivity (Wildman–Crippen MR) is 124 cm³/mol. The van der Waals surface area contributed by atoms with Crippen LogP contribution in [0.15, 0.2) is 41.6 Å². The predicted octanol–water partition coefficient (Wildman–Crippen LogP) is 5.21. The minimum absolute atomic E-state index is 0.000845. The van der Waals surface area contributed by atoms with Gasteiger partial charge in [0.2, 0.25) is 5.91 Å². The molecule has 0 aliphatic heterocycles. The molecule has 3 aromatic rings. The van der Waals surface area contributed by atoms with Gasteiger partial charge in [0.25, 0.3) is 5.69 Å². The zero-order chi connectivity index (χ0) is 23.4. The van der Waals surface area contributed by atoms with Crippen molar-refractivity contribution in [1.29, 1.82) is 0 Å². The fourth-order valence-electron chi connectivity index (χ4n) is 2.81. The summed E-state index contributed by atoms with van der Waals surface area (Å²) < 4.78 is 7.69. The van der Waals surface area contributed by atoms with E-state index in [9.17, 15) is 14.9 Å². The fraction of sp³-hybridized carbons (Fsp3) is 0.250. The van der Waals surface area contributed by atoms with Gasteiger partial charge < -0.3 is 14.6 Å². The van der Waals surface area contributed by atoms with Gasteiger partial charge in [0.15, 0.2) is 17.1 Å². The van der Waals surface area contributed by atoms with Gasteiger partial charge >= 0.3 is 0 Å². The summed E-state index contributed by atoms with van der Waals surface area (Å²) in [6, 6.07) is 9.46. The molecule has 3 rings (SSSR count). The van der Waals surface area contributed by atoms with Crippen molar-refractivity contribution in [3.05, 3.63) is 67.9 Å². The average molecular weight is 496 g/mol. The highest BCUT2D eigenvalue weighted by molar-refractivity contribution is 7.99. The van der Waals surface area contributed by atoms with Gasteiger partial charge in [-0.2, -0.15) is 0 Å². The van der Waals surface area contributed by atoms with Gasteiger partial charge in [0.1, 0.15) is 10.8 Å². The summed E-state index contributed by atoms with van der Waals surface area (Å²) in [7, 11) is 1.78. The lowest BCUT2D eigenvalue weighted by Gasteiger charge is -2.15. The second-order valence-corrected chi connectivity index (χ2v) is 8.59. The van der Waals surface area contributed by atoms with E-state index in [4.69, 9.17) is 27.9 Å². The van der Waals surface area contributed by atoms with E-state index in [1.807, 2.05) is 19.9 Å². The summed E-state index contributed by atoms with van der Waals surface area (Å²) in [6.45, 7) is 3.74. The van der Waals surface area contributed by atoms with Crippen LogP contribution in [0.2, 0.25) is 10.0 Å². The van der Waals surface area contributed by atoms with Gasteiger partial charge in [-0.05, 0) is 49.7 Å². The monoisotopic (exact) mass is 495 g/mol. The third-order valence-electron chi connectivity index (χ3n) is 4.43. The highest BCUT2D eigenvalue weighted by atomic mass is 35.5. The van der Waals surface area contributed by atoms with Crippen molar-refractivity contribution >= 4 is 52.2 Å². The molecule has 0 bridgehead atoms. The van der Waals surface area contributed by atoms with Gasteiger partial charge in [-0.3, -0.25) is 14.9 Å². The first kappa shape index (κ1) is 23.8. The third kappa shape index (κ3) is 5.70. The number of hydrogen-bond donors (Lipinski definition) is 1. The highest BCUT2D eigenvalue weighted by Crippen LogP contribution is 2.28. The number of hydrogen-bond acceptors (Lipinski definition) is 7. The Morgan fingerprint density at radius 2 is 1.97 bits per heavy atom. The summed E-state index contributed by atoms with van der Waals surface area (Å²) in [5.41, 5.74) is 0.910. The zero-order valence-corrected chi connectivity index (χ0v) is 19.7. The van der Waals surface area contributed by atoms with Crippen LogP contribution in [0.5, 0.6) is 5.75 Å². The topological polar surface area (TPSA) is 112 Å². The summed E-state index contributed by atoms with van der Waals surface area (Å²) in [5, 5.41) is 23.1. The lowest BCUT2D eigenvalue weighted by atomic mass is 10.2. The molecule has 1 aromatic heterocycles. The minimum atomic E-state index is -0.609. The van der Waals surface area contributed by atoms with E-state index >= 15 is 0 Å². The first-order valence-corrected chi connectivity index (χ1v) is 11.1. The van der Waals surface area contributed by atoms with E-state index in [1.165, 1.54) is 30.0 Å². The van der Waals surface area contributed by atoms with E-state index in [0.717, 1.165) is 5.56 Å². The first-order chi connectivity index (χ1) is 15.2. The Labute approximate surface area is 198 Å². The Balaban J connectivity index is 1.60. The molecule has 1 amide bonds. The molecule has 1 N–H and O–H groups in total. The Bertz CT molecular complexity index is 1170.